The van der Waals surface area contributed by atoms with E-state index in [1.807, 2.05) is 24.3 Å². The molecule has 33 heavy (non-hydrogen) atoms. The largest absolute Gasteiger partial charge is 0.463 e. The third kappa shape index (κ3) is 5.61. The fraction of sp³-hybridized carbons (Fsp3) is 0.333. The number of urea groups is 1. The zero-order chi connectivity index (χ0) is 23.4. The van der Waals surface area contributed by atoms with E-state index >= 15 is 0 Å². The maximum absolute atomic E-state index is 12.9. The summed E-state index contributed by atoms with van der Waals surface area (Å²) in [6.07, 6.45) is 0. The Morgan fingerprint density at radius 2 is 1.61 bits per heavy atom. The monoisotopic (exact) mass is 488 g/mol. The molecule has 0 spiro atoms. The number of hydrogen-bond donors (Lipinski definition) is 2. The lowest BCUT2D eigenvalue weighted by molar-refractivity contribution is -0.139. The predicted octanol–water partition coefficient (Wildman–Crippen LogP) is 3.99. The first-order valence-corrected chi connectivity index (χ1v) is 11.7. The minimum Gasteiger partial charge on any atom is -0.463 e. The van der Waals surface area contributed by atoms with Gasteiger partial charge in [0.05, 0.1) is 18.2 Å². The maximum atomic E-state index is 12.9. The summed E-state index contributed by atoms with van der Waals surface area (Å²) < 4.78 is 5.34. The number of carbonyl (C=O) groups is 2. The lowest BCUT2D eigenvalue weighted by Crippen LogP contribution is -2.51. The van der Waals surface area contributed by atoms with Crippen molar-refractivity contribution in [2.45, 2.75) is 13.0 Å². The highest BCUT2D eigenvalue weighted by atomic mass is 35.5. The molecular weight excluding hydrogens is 463 g/mol. The number of ether oxygens (including phenoxy) is 1. The molecule has 0 aliphatic carbocycles. The van der Waals surface area contributed by atoms with E-state index in [1.54, 1.807) is 31.2 Å². The molecule has 9 heteroatoms. The van der Waals surface area contributed by atoms with Gasteiger partial charge in [-0.15, -0.1) is 0 Å². The second kappa shape index (κ2) is 10.5. The highest BCUT2D eigenvalue weighted by molar-refractivity contribution is 6.30. The fourth-order valence-corrected chi connectivity index (χ4v) is 4.39. The molecule has 1 atom stereocenters. The van der Waals surface area contributed by atoms with Crippen molar-refractivity contribution >= 4 is 40.9 Å². The van der Waals surface area contributed by atoms with Gasteiger partial charge in [0, 0.05) is 54.2 Å². The molecule has 0 aromatic heterocycles. The number of rotatable bonds is 6. The van der Waals surface area contributed by atoms with Crippen LogP contribution < -0.4 is 15.5 Å². The number of anilines is 1. The van der Waals surface area contributed by atoms with Gasteiger partial charge in [0.1, 0.15) is 0 Å². The summed E-state index contributed by atoms with van der Waals surface area (Å²) in [6.45, 7) is 5.69. The summed E-state index contributed by atoms with van der Waals surface area (Å²) in [6, 6.07) is 13.9. The molecule has 2 amide bonds. The van der Waals surface area contributed by atoms with Crippen LogP contribution in [0, 0.1) is 0 Å². The quantitative estimate of drug-likeness (QED) is 0.601. The van der Waals surface area contributed by atoms with Crippen molar-refractivity contribution in [3.8, 4) is 0 Å². The molecule has 174 valence electrons. The minimum absolute atomic E-state index is 0.247. The van der Waals surface area contributed by atoms with Crippen LogP contribution in [-0.4, -0.2) is 56.2 Å². The number of nitrogens with zero attached hydrogens (tertiary/aromatic N) is 2. The molecule has 2 aliphatic rings. The first-order valence-electron chi connectivity index (χ1n) is 10.9. The van der Waals surface area contributed by atoms with Gasteiger partial charge in [-0.1, -0.05) is 35.3 Å². The van der Waals surface area contributed by atoms with Gasteiger partial charge in [0.25, 0.3) is 0 Å². The molecule has 1 saturated heterocycles. The molecule has 7 nitrogen and oxygen atoms in total. The van der Waals surface area contributed by atoms with E-state index in [1.165, 1.54) is 0 Å². The van der Waals surface area contributed by atoms with Crippen LogP contribution in [0.25, 0.3) is 0 Å². The number of benzene rings is 2. The zero-order valence-corrected chi connectivity index (χ0v) is 19.8. The molecule has 2 aromatic rings. The summed E-state index contributed by atoms with van der Waals surface area (Å²) in [4.78, 5) is 29.9. The summed E-state index contributed by atoms with van der Waals surface area (Å²) in [5, 5.41) is 7.00. The Balaban J connectivity index is 1.54. The molecule has 2 aliphatic heterocycles. The number of piperazine rings is 1. The lowest BCUT2D eigenvalue weighted by atomic mass is 9.95. The Kier molecular flexibility index (Phi) is 7.42. The van der Waals surface area contributed by atoms with Crippen molar-refractivity contribution in [2.24, 2.45) is 0 Å². The number of halogens is 2. The number of nitrogens with one attached hydrogen (secondary N) is 2. The van der Waals surface area contributed by atoms with E-state index in [-0.39, 0.29) is 12.6 Å². The number of carbonyl (C=O) groups excluding carboxylic acids is 2. The van der Waals surface area contributed by atoms with Gasteiger partial charge in [-0.2, -0.15) is 0 Å². The summed E-state index contributed by atoms with van der Waals surface area (Å²) in [5.74, 6) is -0.445. The van der Waals surface area contributed by atoms with E-state index in [0.717, 1.165) is 37.4 Å². The van der Waals surface area contributed by atoms with Gasteiger partial charge in [-0.05, 0) is 48.9 Å². The van der Waals surface area contributed by atoms with Gasteiger partial charge in [-0.3, -0.25) is 4.90 Å². The number of hydrogen-bond acceptors (Lipinski definition) is 5. The minimum atomic E-state index is -0.611. The molecule has 1 fully saturated rings. The molecule has 0 bridgehead atoms. The summed E-state index contributed by atoms with van der Waals surface area (Å²) >= 11 is 12.0. The average molecular weight is 489 g/mol. The first kappa shape index (κ1) is 23.4. The van der Waals surface area contributed by atoms with Crippen LogP contribution in [-0.2, 0) is 9.53 Å². The van der Waals surface area contributed by atoms with Crippen molar-refractivity contribution in [3.63, 3.8) is 0 Å². The van der Waals surface area contributed by atoms with Gasteiger partial charge in [0.15, 0.2) is 0 Å². The molecule has 0 unspecified atom stereocenters. The lowest BCUT2D eigenvalue weighted by Gasteiger charge is -2.38. The predicted molar refractivity (Wildman–Crippen MR) is 130 cm³/mol. The topological polar surface area (TPSA) is 73.9 Å². The van der Waals surface area contributed by atoms with Gasteiger partial charge >= 0.3 is 12.0 Å². The average Bonchev–Trinajstić information content (AvgIpc) is 2.80. The maximum Gasteiger partial charge on any atom is 0.338 e. The molecule has 2 N–H and O–H groups in total. The van der Waals surface area contributed by atoms with Crippen LogP contribution in [0.3, 0.4) is 0 Å². The van der Waals surface area contributed by atoms with Crippen molar-refractivity contribution < 1.29 is 14.3 Å². The third-order valence-corrected chi connectivity index (χ3v) is 6.30. The van der Waals surface area contributed by atoms with E-state index in [0.29, 0.717) is 27.9 Å². The Morgan fingerprint density at radius 3 is 2.21 bits per heavy atom. The first-order chi connectivity index (χ1) is 15.9. The van der Waals surface area contributed by atoms with Gasteiger partial charge in [0.2, 0.25) is 0 Å². The van der Waals surface area contributed by atoms with E-state index in [2.05, 4.69) is 20.4 Å². The van der Waals surface area contributed by atoms with Crippen molar-refractivity contribution in [1.29, 1.82) is 0 Å². The smallest absolute Gasteiger partial charge is 0.338 e. The molecule has 2 heterocycles. The Hall–Kier alpha value is -2.74. The molecule has 0 radical (unpaired) electrons. The number of amides is 2. The second-order valence-corrected chi connectivity index (χ2v) is 8.81. The standard InChI is InChI=1S/C24H26Cl2N4O3/c1-2-33-23(31)21-20(27-24(32)28-22(21)16-3-5-17(25)6-4-16)15-29-11-13-30(14-12-29)19-9-7-18(26)8-10-19/h3-10,22H,2,11-15H2,1H3,(H2,27,28,32)/t22-/m1/s1. The van der Waals surface area contributed by atoms with Crippen LogP contribution in [0.4, 0.5) is 10.5 Å². The molecule has 2 aromatic carbocycles. The summed E-state index contributed by atoms with van der Waals surface area (Å²) in [7, 11) is 0. The second-order valence-electron chi connectivity index (χ2n) is 7.94. The van der Waals surface area contributed by atoms with Crippen molar-refractivity contribution in [2.75, 3.05) is 44.2 Å². The van der Waals surface area contributed by atoms with Crippen molar-refractivity contribution in [3.05, 3.63) is 75.4 Å². The van der Waals surface area contributed by atoms with E-state index in [4.69, 9.17) is 27.9 Å². The van der Waals surface area contributed by atoms with Crippen LogP contribution in [0.2, 0.25) is 10.0 Å². The number of esters is 1. The van der Waals surface area contributed by atoms with Gasteiger partial charge in [-0.25, -0.2) is 9.59 Å². The van der Waals surface area contributed by atoms with E-state index < -0.39 is 12.0 Å². The third-order valence-electron chi connectivity index (χ3n) is 5.80. The Labute approximate surface area is 203 Å². The van der Waals surface area contributed by atoms with Crippen LogP contribution in [0.5, 0.6) is 0 Å². The fourth-order valence-electron chi connectivity index (χ4n) is 4.14. The van der Waals surface area contributed by atoms with E-state index in [9.17, 15) is 9.59 Å². The Morgan fingerprint density at radius 1 is 1.00 bits per heavy atom. The van der Waals surface area contributed by atoms with Crippen LogP contribution in [0.15, 0.2) is 59.8 Å². The van der Waals surface area contributed by atoms with Gasteiger partial charge < -0.3 is 20.3 Å². The molecule has 4 rings (SSSR count). The van der Waals surface area contributed by atoms with Crippen molar-refractivity contribution in [1.82, 2.24) is 15.5 Å². The SMILES string of the molecule is CCOC(=O)C1=C(CN2CCN(c3ccc(Cl)cc3)CC2)NC(=O)N[C@@H]1c1ccc(Cl)cc1. The normalized spacial score (nSPS) is 19.2. The molecule has 0 saturated carbocycles. The molecular formula is C24H26Cl2N4O3. The highest BCUT2D eigenvalue weighted by Gasteiger charge is 2.34. The zero-order valence-electron chi connectivity index (χ0n) is 18.3. The summed E-state index contributed by atoms with van der Waals surface area (Å²) in [5.41, 5.74) is 2.88. The van der Waals surface area contributed by atoms with Crippen LogP contribution in [0.1, 0.15) is 18.5 Å². The Bertz CT molecular complexity index is 1030. The highest BCUT2D eigenvalue weighted by Crippen LogP contribution is 2.29. The van der Waals surface area contributed by atoms with Crippen LogP contribution >= 0.6 is 23.2 Å².